The molecular weight excluding hydrogens is 197 g/mol. The van der Waals surface area contributed by atoms with E-state index in [-0.39, 0.29) is 18.0 Å². The minimum Gasteiger partial charge on any atom is -0.496 e. The van der Waals surface area contributed by atoms with Gasteiger partial charge in [0, 0.05) is 12.6 Å². The van der Waals surface area contributed by atoms with Crippen LogP contribution in [0.1, 0.15) is 17.7 Å². The van der Waals surface area contributed by atoms with Crippen LogP contribution in [0.25, 0.3) is 0 Å². The fraction of sp³-hybridized carbons (Fsp3) is 0.375. The van der Waals surface area contributed by atoms with Gasteiger partial charge in [0.2, 0.25) is 5.95 Å². The summed E-state index contributed by atoms with van der Waals surface area (Å²) in [5.74, 6) is -1.47. The minimum absolute atomic E-state index is 0.0310. The third-order valence-corrected chi connectivity index (χ3v) is 1.67. The standard InChI is InChI=1S/C8H9F3N2O/c1-14-5-2-4(3-12)13-8(11)6(5)7(9)10/h2,7H,3,12H2,1H3. The maximum absolute atomic E-state index is 13.0. The number of hydrogen-bond acceptors (Lipinski definition) is 3. The lowest BCUT2D eigenvalue weighted by Crippen LogP contribution is -2.06. The molecule has 0 unspecified atom stereocenters. The van der Waals surface area contributed by atoms with Crippen molar-refractivity contribution >= 4 is 0 Å². The zero-order valence-electron chi connectivity index (χ0n) is 7.43. The lowest BCUT2D eigenvalue weighted by Gasteiger charge is -2.09. The smallest absolute Gasteiger partial charge is 0.271 e. The molecule has 1 aromatic rings. The number of methoxy groups -OCH3 is 1. The van der Waals surface area contributed by atoms with Crippen LogP contribution in [-0.4, -0.2) is 12.1 Å². The molecule has 6 heteroatoms. The normalized spacial score (nSPS) is 10.7. The molecule has 0 spiro atoms. The predicted octanol–water partition coefficient (Wildman–Crippen LogP) is 1.63. The number of pyridine rings is 1. The lowest BCUT2D eigenvalue weighted by atomic mass is 10.2. The van der Waals surface area contributed by atoms with Gasteiger partial charge in [-0.2, -0.15) is 4.39 Å². The highest BCUT2D eigenvalue weighted by atomic mass is 19.3. The highest BCUT2D eigenvalue weighted by Gasteiger charge is 2.21. The molecule has 0 aromatic carbocycles. The maximum Gasteiger partial charge on any atom is 0.271 e. The summed E-state index contributed by atoms with van der Waals surface area (Å²) in [6, 6.07) is 1.20. The Bertz CT molecular complexity index is 331. The molecule has 0 saturated carbocycles. The van der Waals surface area contributed by atoms with E-state index in [1.807, 2.05) is 0 Å². The Morgan fingerprint density at radius 1 is 1.57 bits per heavy atom. The van der Waals surface area contributed by atoms with E-state index in [2.05, 4.69) is 9.72 Å². The molecule has 14 heavy (non-hydrogen) atoms. The molecule has 0 bridgehead atoms. The number of rotatable bonds is 3. The monoisotopic (exact) mass is 206 g/mol. The molecule has 0 amide bonds. The van der Waals surface area contributed by atoms with E-state index >= 15 is 0 Å². The number of ether oxygens (including phenoxy) is 1. The number of nitrogens with zero attached hydrogens (tertiary/aromatic N) is 1. The first-order valence-corrected chi connectivity index (χ1v) is 3.81. The van der Waals surface area contributed by atoms with Gasteiger partial charge in [-0.05, 0) is 0 Å². The summed E-state index contributed by atoms with van der Waals surface area (Å²) in [6.45, 7) is -0.0310. The van der Waals surface area contributed by atoms with Gasteiger partial charge in [0.25, 0.3) is 6.43 Å². The van der Waals surface area contributed by atoms with Gasteiger partial charge in [-0.1, -0.05) is 0 Å². The van der Waals surface area contributed by atoms with Gasteiger partial charge in [0.15, 0.2) is 0 Å². The van der Waals surface area contributed by atoms with Crippen molar-refractivity contribution in [2.24, 2.45) is 5.73 Å². The molecule has 78 valence electrons. The van der Waals surface area contributed by atoms with E-state index in [9.17, 15) is 13.2 Å². The van der Waals surface area contributed by atoms with Gasteiger partial charge >= 0.3 is 0 Å². The summed E-state index contributed by atoms with van der Waals surface area (Å²) >= 11 is 0. The Morgan fingerprint density at radius 3 is 2.64 bits per heavy atom. The van der Waals surface area contributed by atoms with Crippen molar-refractivity contribution in [1.29, 1.82) is 0 Å². The van der Waals surface area contributed by atoms with E-state index in [0.29, 0.717) is 0 Å². The van der Waals surface area contributed by atoms with Crippen LogP contribution in [0.15, 0.2) is 6.07 Å². The Labute approximate surface area is 78.7 Å². The topological polar surface area (TPSA) is 48.1 Å². The van der Waals surface area contributed by atoms with Gasteiger partial charge in [-0.3, -0.25) is 0 Å². The second-order valence-corrected chi connectivity index (χ2v) is 2.53. The fourth-order valence-electron chi connectivity index (χ4n) is 1.02. The van der Waals surface area contributed by atoms with E-state index in [1.54, 1.807) is 0 Å². The molecule has 0 atom stereocenters. The average Bonchev–Trinajstić information content (AvgIpc) is 2.15. The van der Waals surface area contributed by atoms with Crippen molar-refractivity contribution in [2.45, 2.75) is 13.0 Å². The Balaban J connectivity index is 3.27. The first-order valence-electron chi connectivity index (χ1n) is 3.81. The summed E-state index contributed by atoms with van der Waals surface area (Å²) in [6.07, 6.45) is -2.95. The third kappa shape index (κ3) is 1.95. The summed E-state index contributed by atoms with van der Waals surface area (Å²) < 4.78 is 42.3. The van der Waals surface area contributed by atoms with E-state index in [4.69, 9.17) is 5.73 Å². The van der Waals surface area contributed by atoms with Crippen LogP contribution in [0.4, 0.5) is 13.2 Å². The van der Waals surface area contributed by atoms with Gasteiger partial charge in [-0.15, -0.1) is 0 Å². The maximum atomic E-state index is 13.0. The Hall–Kier alpha value is -1.30. The first kappa shape index (κ1) is 10.8. The highest BCUT2D eigenvalue weighted by Crippen LogP contribution is 2.30. The van der Waals surface area contributed by atoms with Gasteiger partial charge in [-0.25, -0.2) is 13.8 Å². The van der Waals surface area contributed by atoms with Crippen molar-refractivity contribution in [1.82, 2.24) is 4.98 Å². The number of aromatic nitrogens is 1. The molecule has 0 radical (unpaired) electrons. The fourth-order valence-corrected chi connectivity index (χ4v) is 1.02. The van der Waals surface area contributed by atoms with Gasteiger partial charge in [0.1, 0.15) is 11.3 Å². The van der Waals surface area contributed by atoms with Crippen LogP contribution in [-0.2, 0) is 6.54 Å². The van der Waals surface area contributed by atoms with Crippen molar-refractivity contribution in [3.63, 3.8) is 0 Å². The van der Waals surface area contributed by atoms with E-state index in [1.165, 1.54) is 13.2 Å². The number of hydrogen-bond donors (Lipinski definition) is 1. The summed E-state index contributed by atoms with van der Waals surface area (Å²) in [7, 11) is 1.18. The zero-order chi connectivity index (χ0) is 10.7. The van der Waals surface area contributed by atoms with E-state index < -0.39 is 17.9 Å². The molecule has 1 heterocycles. The second-order valence-electron chi connectivity index (χ2n) is 2.53. The summed E-state index contributed by atoms with van der Waals surface area (Å²) in [4.78, 5) is 3.27. The van der Waals surface area contributed by atoms with Crippen LogP contribution < -0.4 is 10.5 Å². The molecule has 0 saturated heterocycles. The largest absolute Gasteiger partial charge is 0.496 e. The molecular formula is C8H9F3N2O. The van der Waals surface area contributed by atoms with Crippen LogP contribution in [0.5, 0.6) is 5.75 Å². The molecule has 0 aliphatic heterocycles. The Morgan fingerprint density at radius 2 is 2.21 bits per heavy atom. The zero-order valence-corrected chi connectivity index (χ0v) is 7.43. The number of nitrogens with two attached hydrogens (primary N) is 1. The van der Waals surface area contributed by atoms with Crippen molar-refractivity contribution in [3.8, 4) is 5.75 Å². The van der Waals surface area contributed by atoms with Crippen LogP contribution in [0, 0.1) is 5.95 Å². The van der Waals surface area contributed by atoms with E-state index in [0.717, 1.165) is 0 Å². The molecule has 1 aromatic heterocycles. The van der Waals surface area contributed by atoms with Gasteiger partial charge < -0.3 is 10.5 Å². The molecule has 0 fully saturated rings. The number of halogens is 3. The molecule has 2 N–H and O–H groups in total. The quantitative estimate of drug-likeness (QED) is 0.764. The second kappa shape index (κ2) is 4.28. The minimum atomic E-state index is -2.95. The lowest BCUT2D eigenvalue weighted by molar-refractivity contribution is 0.140. The molecule has 0 aliphatic rings. The SMILES string of the molecule is COc1cc(CN)nc(F)c1C(F)F. The average molecular weight is 206 g/mol. The van der Waals surface area contributed by atoms with Crippen LogP contribution in [0.3, 0.4) is 0 Å². The van der Waals surface area contributed by atoms with Crippen molar-refractivity contribution in [2.75, 3.05) is 7.11 Å². The van der Waals surface area contributed by atoms with Crippen LogP contribution in [0.2, 0.25) is 0 Å². The molecule has 3 nitrogen and oxygen atoms in total. The van der Waals surface area contributed by atoms with Crippen molar-refractivity contribution in [3.05, 3.63) is 23.3 Å². The number of alkyl halides is 2. The molecule has 1 rings (SSSR count). The summed E-state index contributed by atoms with van der Waals surface area (Å²) in [5, 5.41) is 0. The van der Waals surface area contributed by atoms with Crippen molar-refractivity contribution < 1.29 is 17.9 Å². The summed E-state index contributed by atoms with van der Waals surface area (Å²) in [5.41, 5.74) is 4.54. The predicted molar refractivity (Wildman–Crippen MR) is 43.6 cm³/mol. The molecule has 0 aliphatic carbocycles. The first-order chi connectivity index (χ1) is 6.60. The highest BCUT2D eigenvalue weighted by molar-refractivity contribution is 5.35. The Kier molecular flexibility index (Phi) is 3.29. The van der Waals surface area contributed by atoms with Gasteiger partial charge in [0.05, 0.1) is 12.8 Å². The third-order valence-electron chi connectivity index (χ3n) is 1.67. The van der Waals surface area contributed by atoms with Crippen LogP contribution >= 0.6 is 0 Å².